The fourth-order valence-corrected chi connectivity index (χ4v) is 3.89. The highest BCUT2D eigenvalue weighted by atomic mass is 35.5. The fourth-order valence-electron chi connectivity index (χ4n) is 3.89. The normalized spacial score (nSPS) is 20.1. The molecular formula is C21H35Cl2N5O2. The molecule has 0 radical (unpaired) electrons. The van der Waals surface area contributed by atoms with Gasteiger partial charge in [0.1, 0.15) is 0 Å². The summed E-state index contributed by atoms with van der Waals surface area (Å²) in [4.78, 5) is 31.4. The van der Waals surface area contributed by atoms with Gasteiger partial charge in [0.15, 0.2) is 0 Å². The lowest BCUT2D eigenvalue weighted by Crippen LogP contribution is -2.56. The molecule has 0 aliphatic carbocycles. The van der Waals surface area contributed by atoms with Crippen LogP contribution in [-0.2, 0) is 16.0 Å². The van der Waals surface area contributed by atoms with Crippen molar-refractivity contribution in [3.8, 4) is 0 Å². The Kier molecular flexibility index (Phi) is 11.7. The summed E-state index contributed by atoms with van der Waals surface area (Å²) in [6.45, 7) is 10.8. The predicted molar refractivity (Wildman–Crippen MR) is 126 cm³/mol. The summed E-state index contributed by atoms with van der Waals surface area (Å²) in [5.41, 5.74) is 2.04. The number of anilines is 1. The van der Waals surface area contributed by atoms with E-state index in [9.17, 15) is 9.59 Å². The summed E-state index contributed by atoms with van der Waals surface area (Å²) >= 11 is 0. The minimum absolute atomic E-state index is 0. The summed E-state index contributed by atoms with van der Waals surface area (Å²) < 4.78 is 0. The van der Waals surface area contributed by atoms with E-state index < -0.39 is 0 Å². The molecule has 2 aliphatic rings. The van der Waals surface area contributed by atoms with Crippen molar-refractivity contribution in [3.05, 3.63) is 29.8 Å². The SMILES string of the molecule is CCc1ccccc1NC(=O)CN1CCN(C(=O)CN2CCNC[C@@H]2C)CC1.Cl.Cl. The molecule has 2 heterocycles. The Morgan fingerprint density at radius 3 is 2.43 bits per heavy atom. The Morgan fingerprint density at radius 2 is 1.77 bits per heavy atom. The molecule has 0 spiro atoms. The van der Waals surface area contributed by atoms with Gasteiger partial charge in [-0.3, -0.25) is 19.4 Å². The van der Waals surface area contributed by atoms with Gasteiger partial charge < -0.3 is 15.5 Å². The Morgan fingerprint density at radius 1 is 1.07 bits per heavy atom. The van der Waals surface area contributed by atoms with Crippen LogP contribution in [0.4, 0.5) is 5.69 Å². The molecule has 2 N–H and O–H groups in total. The van der Waals surface area contributed by atoms with E-state index in [1.54, 1.807) is 0 Å². The zero-order chi connectivity index (χ0) is 19.9. The highest BCUT2D eigenvalue weighted by molar-refractivity contribution is 5.93. The molecule has 0 saturated carbocycles. The zero-order valence-corrected chi connectivity index (χ0v) is 19.6. The molecule has 2 fully saturated rings. The molecular weight excluding hydrogens is 425 g/mol. The molecule has 2 amide bonds. The quantitative estimate of drug-likeness (QED) is 0.673. The molecule has 0 aromatic heterocycles. The van der Waals surface area contributed by atoms with E-state index in [1.165, 1.54) is 0 Å². The number of aryl methyl sites for hydroxylation is 1. The lowest BCUT2D eigenvalue weighted by molar-refractivity contribution is -0.135. The number of amides is 2. The number of rotatable bonds is 6. The number of benzene rings is 1. The summed E-state index contributed by atoms with van der Waals surface area (Å²) in [5.74, 6) is 0.213. The standard InChI is InChI=1S/C21H33N5O2.2ClH/c1-3-18-6-4-5-7-19(18)23-20(27)15-24-10-12-25(13-11-24)21(28)16-26-9-8-22-14-17(26)2;;/h4-7,17,22H,3,8-16H2,1-2H3,(H,23,27);2*1H/t17-;;/m0../s1. The molecule has 1 aromatic rings. The van der Waals surface area contributed by atoms with Crippen molar-refractivity contribution >= 4 is 42.3 Å². The Labute approximate surface area is 192 Å². The largest absolute Gasteiger partial charge is 0.339 e. The van der Waals surface area contributed by atoms with Crippen molar-refractivity contribution in [2.24, 2.45) is 0 Å². The zero-order valence-electron chi connectivity index (χ0n) is 17.9. The van der Waals surface area contributed by atoms with Crippen molar-refractivity contribution in [1.82, 2.24) is 20.0 Å². The third-order valence-corrected chi connectivity index (χ3v) is 5.74. The first-order chi connectivity index (χ1) is 13.6. The lowest BCUT2D eigenvalue weighted by Gasteiger charge is -2.38. The maximum atomic E-state index is 12.6. The number of hydrogen-bond donors (Lipinski definition) is 2. The number of nitrogens with one attached hydrogen (secondary N) is 2. The van der Waals surface area contributed by atoms with E-state index in [4.69, 9.17) is 0 Å². The van der Waals surface area contributed by atoms with Crippen LogP contribution in [0.15, 0.2) is 24.3 Å². The van der Waals surface area contributed by atoms with Crippen LogP contribution in [-0.4, -0.2) is 91.5 Å². The second kappa shape index (κ2) is 13.1. The molecule has 30 heavy (non-hydrogen) atoms. The number of hydrogen-bond acceptors (Lipinski definition) is 5. The van der Waals surface area contributed by atoms with Crippen LogP contribution in [0.1, 0.15) is 19.4 Å². The summed E-state index contributed by atoms with van der Waals surface area (Å²) in [6, 6.07) is 8.32. The number of carbonyl (C=O) groups excluding carboxylic acids is 2. The van der Waals surface area contributed by atoms with Gasteiger partial charge in [-0.15, -0.1) is 24.8 Å². The van der Waals surface area contributed by atoms with Crippen LogP contribution in [0.25, 0.3) is 0 Å². The predicted octanol–water partition coefficient (Wildman–Crippen LogP) is 1.47. The van der Waals surface area contributed by atoms with Crippen LogP contribution in [0.3, 0.4) is 0 Å². The Bertz CT molecular complexity index is 683. The van der Waals surface area contributed by atoms with Gasteiger partial charge in [0.05, 0.1) is 13.1 Å². The smallest absolute Gasteiger partial charge is 0.238 e. The molecule has 170 valence electrons. The number of piperazine rings is 2. The number of carbonyl (C=O) groups is 2. The topological polar surface area (TPSA) is 67.9 Å². The maximum Gasteiger partial charge on any atom is 0.238 e. The third-order valence-electron chi connectivity index (χ3n) is 5.74. The van der Waals surface area contributed by atoms with Gasteiger partial charge in [0.25, 0.3) is 0 Å². The molecule has 7 nitrogen and oxygen atoms in total. The molecule has 1 aromatic carbocycles. The summed E-state index contributed by atoms with van der Waals surface area (Å²) in [6.07, 6.45) is 0.892. The van der Waals surface area contributed by atoms with Crippen molar-refractivity contribution in [2.75, 3.05) is 64.2 Å². The second-order valence-electron chi connectivity index (χ2n) is 7.74. The van der Waals surface area contributed by atoms with Crippen LogP contribution in [0.2, 0.25) is 0 Å². The number of halogens is 2. The fraction of sp³-hybridized carbons (Fsp3) is 0.619. The van der Waals surface area contributed by atoms with E-state index >= 15 is 0 Å². The van der Waals surface area contributed by atoms with Gasteiger partial charge in [0.2, 0.25) is 11.8 Å². The Balaban J connectivity index is 0.00000225. The number of nitrogens with zero attached hydrogens (tertiary/aromatic N) is 3. The molecule has 2 aliphatic heterocycles. The van der Waals surface area contributed by atoms with Crippen molar-refractivity contribution in [3.63, 3.8) is 0 Å². The molecule has 1 atom stereocenters. The molecule has 2 saturated heterocycles. The van der Waals surface area contributed by atoms with Crippen molar-refractivity contribution in [2.45, 2.75) is 26.3 Å². The molecule has 0 unspecified atom stereocenters. The first kappa shape index (κ1) is 26.7. The van der Waals surface area contributed by atoms with E-state index in [2.05, 4.69) is 34.3 Å². The van der Waals surface area contributed by atoms with Crippen molar-refractivity contribution < 1.29 is 9.59 Å². The molecule has 3 rings (SSSR count). The van der Waals surface area contributed by atoms with Crippen LogP contribution in [0.5, 0.6) is 0 Å². The van der Waals surface area contributed by atoms with E-state index in [0.717, 1.165) is 50.4 Å². The third kappa shape index (κ3) is 7.39. The van der Waals surface area contributed by atoms with E-state index in [0.29, 0.717) is 32.2 Å². The monoisotopic (exact) mass is 459 g/mol. The first-order valence-corrected chi connectivity index (χ1v) is 10.4. The second-order valence-corrected chi connectivity index (χ2v) is 7.74. The summed E-state index contributed by atoms with van der Waals surface area (Å²) in [5, 5.41) is 6.38. The van der Waals surface area contributed by atoms with Gasteiger partial charge in [0, 0.05) is 57.5 Å². The van der Waals surface area contributed by atoms with Crippen LogP contribution >= 0.6 is 24.8 Å². The highest BCUT2D eigenvalue weighted by Crippen LogP contribution is 2.15. The van der Waals surface area contributed by atoms with E-state index in [1.807, 2.05) is 29.2 Å². The average molecular weight is 460 g/mol. The Hall–Kier alpha value is -1.38. The van der Waals surface area contributed by atoms with Gasteiger partial charge >= 0.3 is 0 Å². The molecule has 0 bridgehead atoms. The average Bonchev–Trinajstić information content (AvgIpc) is 2.70. The summed E-state index contributed by atoms with van der Waals surface area (Å²) in [7, 11) is 0. The van der Waals surface area contributed by atoms with Crippen LogP contribution in [0, 0.1) is 0 Å². The van der Waals surface area contributed by atoms with Crippen molar-refractivity contribution in [1.29, 1.82) is 0 Å². The van der Waals surface area contributed by atoms with Gasteiger partial charge in [-0.1, -0.05) is 25.1 Å². The van der Waals surface area contributed by atoms with Gasteiger partial charge in [-0.2, -0.15) is 0 Å². The van der Waals surface area contributed by atoms with Gasteiger partial charge in [-0.05, 0) is 25.0 Å². The number of para-hydroxylation sites is 1. The van der Waals surface area contributed by atoms with Crippen LogP contribution < -0.4 is 10.6 Å². The minimum atomic E-state index is 0. The van der Waals surface area contributed by atoms with Gasteiger partial charge in [-0.25, -0.2) is 0 Å². The first-order valence-electron chi connectivity index (χ1n) is 10.4. The minimum Gasteiger partial charge on any atom is -0.339 e. The highest BCUT2D eigenvalue weighted by Gasteiger charge is 2.26. The lowest BCUT2D eigenvalue weighted by atomic mass is 10.1. The maximum absolute atomic E-state index is 12.6. The molecule has 9 heteroatoms. The van der Waals surface area contributed by atoms with E-state index in [-0.39, 0.29) is 36.6 Å².